The summed E-state index contributed by atoms with van der Waals surface area (Å²) < 4.78 is 67.7. The quantitative estimate of drug-likeness (QED) is 0.517. The number of esters is 1. The van der Waals surface area contributed by atoms with E-state index in [1.807, 2.05) is 0 Å². The van der Waals surface area contributed by atoms with Gasteiger partial charge in [0.2, 0.25) is 15.1 Å². The van der Waals surface area contributed by atoms with Gasteiger partial charge in [-0.05, 0) is 49.2 Å². The Labute approximate surface area is 187 Å². The van der Waals surface area contributed by atoms with Crippen molar-refractivity contribution in [2.75, 3.05) is 34.3 Å². The third kappa shape index (κ3) is 5.14. The first-order chi connectivity index (χ1) is 15.1. The molecule has 1 aromatic heterocycles. The Morgan fingerprint density at radius 3 is 2.25 bits per heavy atom. The highest BCUT2D eigenvalue weighted by Crippen LogP contribution is 2.26. The number of hydrogen-bond acceptors (Lipinski definition) is 8. The molecular formula is C20H26N2O8S2. The average Bonchev–Trinajstić information content (AvgIpc) is 3.27. The number of rotatable bonds is 8. The van der Waals surface area contributed by atoms with Crippen LogP contribution in [0.2, 0.25) is 0 Å². The van der Waals surface area contributed by atoms with Gasteiger partial charge >= 0.3 is 5.97 Å². The lowest BCUT2D eigenvalue weighted by Crippen LogP contribution is -2.40. The lowest BCUT2D eigenvalue weighted by atomic mass is 9.98. The Bertz CT molecular complexity index is 1150. The molecule has 1 saturated heterocycles. The van der Waals surface area contributed by atoms with Crippen molar-refractivity contribution in [1.82, 2.24) is 8.61 Å². The highest BCUT2D eigenvalue weighted by molar-refractivity contribution is 7.89. The predicted octanol–water partition coefficient (Wildman–Crippen LogP) is 1.68. The number of ether oxygens (including phenoxy) is 2. The van der Waals surface area contributed by atoms with Crippen molar-refractivity contribution < 1.29 is 35.5 Å². The molecule has 0 radical (unpaired) electrons. The van der Waals surface area contributed by atoms with Crippen LogP contribution in [-0.4, -0.2) is 65.7 Å². The monoisotopic (exact) mass is 486 g/mol. The lowest BCUT2D eigenvalue weighted by molar-refractivity contribution is -0.151. The zero-order valence-electron chi connectivity index (χ0n) is 18.1. The Balaban J connectivity index is 1.54. The predicted molar refractivity (Wildman–Crippen MR) is 114 cm³/mol. The molecular weight excluding hydrogens is 460 g/mol. The summed E-state index contributed by atoms with van der Waals surface area (Å²) in [7, 11) is -3.09. The first-order valence-corrected chi connectivity index (χ1v) is 12.8. The van der Waals surface area contributed by atoms with E-state index in [9.17, 15) is 21.6 Å². The topological polar surface area (TPSA) is 123 Å². The number of benzene rings is 1. The normalized spacial score (nSPS) is 16.2. The molecule has 32 heavy (non-hydrogen) atoms. The largest absolute Gasteiger partial charge is 0.497 e. The van der Waals surface area contributed by atoms with E-state index < -0.39 is 31.9 Å². The van der Waals surface area contributed by atoms with Crippen LogP contribution >= 0.6 is 0 Å². The summed E-state index contributed by atoms with van der Waals surface area (Å²) in [4.78, 5) is 12.6. The molecule has 1 aliphatic rings. The minimum atomic E-state index is -3.71. The third-order valence-electron chi connectivity index (χ3n) is 5.21. The fraction of sp³-hybridized carbons (Fsp3) is 0.450. The summed E-state index contributed by atoms with van der Waals surface area (Å²) in [5.41, 5.74) is 0. The van der Waals surface area contributed by atoms with Gasteiger partial charge in [-0.2, -0.15) is 4.31 Å². The van der Waals surface area contributed by atoms with E-state index >= 15 is 0 Å². The van der Waals surface area contributed by atoms with Crippen molar-refractivity contribution in [3.05, 3.63) is 42.2 Å². The first kappa shape index (κ1) is 24.2. The second-order valence-electron chi connectivity index (χ2n) is 7.47. The molecule has 1 fully saturated rings. The second-order valence-corrected chi connectivity index (χ2v) is 11.5. The molecule has 2 aromatic rings. The standard InChI is InChI=1S/C20H26N2O8S2/c1-21(2)32(26,27)19-9-6-17(30-19)14-29-20(23)15-10-12-22(13-11-15)31(24,25)18-7-4-16(28-3)5-8-18/h4-9,15H,10-14H2,1-3H3. The molecule has 0 spiro atoms. The van der Waals surface area contributed by atoms with E-state index in [4.69, 9.17) is 13.9 Å². The zero-order chi connectivity index (χ0) is 23.5. The SMILES string of the molecule is COc1ccc(S(=O)(=O)N2CCC(C(=O)OCc3ccc(S(=O)(=O)N(C)C)o3)CC2)cc1. The Kier molecular flexibility index (Phi) is 7.28. The molecule has 1 aromatic carbocycles. The molecule has 0 aliphatic carbocycles. The van der Waals surface area contributed by atoms with Gasteiger partial charge in [0, 0.05) is 27.2 Å². The van der Waals surface area contributed by atoms with Gasteiger partial charge in [0.1, 0.15) is 18.1 Å². The van der Waals surface area contributed by atoms with Crippen LogP contribution < -0.4 is 4.74 Å². The van der Waals surface area contributed by atoms with E-state index in [1.54, 1.807) is 12.1 Å². The summed E-state index contributed by atoms with van der Waals surface area (Å²) in [6.07, 6.45) is 0.652. The number of carbonyl (C=O) groups excluding carboxylic acids is 1. The molecule has 176 valence electrons. The van der Waals surface area contributed by atoms with Crippen molar-refractivity contribution >= 4 is 26.0 Å². The molecule has 1 aliphatic heterocycles. The van der Waals surface area contributed by atoms with Crippen LogP contribution in [0.1, 0.15) is 18.6 Å². The van der Waals surface area contributed by atoms with Gasteiger partial charge in [0.25, 0.3) is 10.0 Å². The molecule has 0 amide bonds. The van der Waals surface area contributed by atoms with E-state index in [2.05, 4.69) is 0 Å². The fourth-order valence-corrected chi connectivity index (χ4v) is 5.53. The first-order valence-electron chi connectivity index (χ1n) is 9.88. The van der Waals surface area contributed by atoms with Crippen LogP contribution in [0.15, 0.2) is 50.8 Å². The van der Waals surface area contributed by atoms with E-state index in [0.717, 1.165) is 4.31 Å². The highest BCUT2D eigenvalue weighted by atomic mass is 32.2. The van der Waals surface area contributed by atoms with Gasteiger partial charge in [-0.15, -0.1) is 0 Å². The summed E-state index contributed by atoms with van der Waals surface area (Å²) in [6.45, 7) is 0.187. The molecule has 0 bridgehead atoms. The number of hydrogen-bond donors (Lipinski definition) is 0. The van der Waals surface area contributed by atoms with E-state index in [1.165, 1.54) is 49.8 Å². The van der Waals surface area contributed by atoms with Crippen molar-refractivity contribution in [3.8, 4) is 5.75 Å². The molecule has 12 heteroatoms. The maximum atomic E-state index is 12.8. The number of furan rings is 1. The van der Waals surface area contributed by atoms with Gasteiger partial charge in [0.15, 0.2) is 0 Å². The smallest absolute Gasteiger partial charge is 0.309 e. The van der Waals surface area contributed by atoms with Gasteiger partial charge in [0.05, 0.1) is 17.9 Å². The summed E-state index contributed by atoms with van der Waals surface area (Å²) in [6, 6.07) is 8.89. The van der Waals surface area contributed by atoms with Crippen LogP contribution in [0, 0.1) is 5.92 Å². The van der Waals surface area contributed by atoms with Crippen LogP contribution in [-0.2, 0) is 36.2 Å². The molecule has 10 nitrogen and oxygen atoms in total. The van der Waals surface area contributed by atoms with Gasteiger partial charge in [-0.3, -0.25) is 4.79 Å². The number of carbonyl (C=O) groups is 1. The van der Waals surface area contributed by atoms with Crippen LogP contribution in [0.25, 0.3) is 0 Å². The Morgan fingerprint density at radius 2 is 1.69 bits per heavy atom. The minimum absolute atomic E-state index is 0.167. The Morgan fingerprint density at radius 1 is 1.06 bits per heavy atom. The molecule has 3 rings (SSSR count). The fourth-order valence-electron chi connectivity index (χ4n) is 3.24. The minimum Gasteiger partial charge on any atom is -0.497 e. The zero-order valence-corrected chi connectivity index (χ0v) is 19.7. The number of sulfonamides is 2. The molecule has 0 N–H and O–H groups in total. The van der Waals surface area contributed by atoms with E-state index in [0.29, 0.717) is 18.6 Å². The summed E-state index contributed by atoms with van der Waals surface area (Å²) >= 11 is 0. The molecule has 0 atom stereocenters. The molecule has 0 saturated carbocycles. The molecule has 0 unspecified atom stereocenters. The highest BCUT2D eigenvalue weighted by Gasteiger charge is 2.33. The third-order valence-corrected chi connectivity index (χ3v) is 8.82. The van der Waals surface area contributed by atoms with Crippen molar-refractivity contribution in [3.63, 3.8) is 0 Å². The van der Waals surface area contributed by atoms with Gasteiger partial charge in [-0.1, -0.05) is 0 Å². The van der Waals surface area contributed by atoms with Crippen molar-refractivity contribution in [2.45, 2.75) is 29.4 Å². The second kappa shape index (κ2) is 9.61. The summed E-state index contributed by atoms with van der Waals surface area (Å²) in [5, 5.41) is -0.231. The Hall–Kier alpha value is -2.41. The van der Waals surface area contributed by atoms with Gasteiger partial charge in [-0.25, -0.2) is 21.1 Å². The maximum Gasteiger partial charge on any atom is 0.309 e. The van der Waals surface area contributed by atoms with Crippen molar-refractivity contribution in [2.24, 2.45) is 5.92 Å². The van der Waals surface area contributed by atoms with Crippen LogP contribution in [0.4, 0.5) is 0 Å². The number of piperidine rings is 1. The summed E-state index contributed by atoms with van der Waals surface area (Å²) in [5.74, 6) is -0.149. The average molecular weight is 487 g/mol. The maximum absolute atomic E-state index is 12.8. The van der Waals surface area contributed by atoms with Crippen LogP contribution in [0.5, 0.6) is 5.75 Å². The molecule has 2 heterocycles. The van der Waals surface area contributed by atoms with Crippen molar-refractivity contribution in [1.29, 1.82) is 0 Å². The van der Waals surface area contributed by atoms with Crippen LogP contribution in [0.3, 0.4) is 0 Å². The number of nitrogens with zero attached hydrogens (tertiary/aromatic N) is 2. The van der Waals surface area contributed by atoms with Gasteiger partial charge < -0.3 is 13.9 Å². The van der Waals surface area contributed by atoms with E-state index in [-0.39, 0.29) is 35.4 Å². The lowest BCUT2D eigenvalue weighted by Gasteiger charge is -2.30. The number of methoxy groups -OCH3 is 1.